The molecule has 1 amide bonds. The van der Waals surface area contributed by atoms with Gasteiger partial charge in [-0.15, -0.1) is 0 Å². The summed E-state index contributed by atoms with van der Waals surface area (Å²) < 4.78 is 6.86. The van der Waals surface area contributed by atoms with E-state index in [4.69, 9.17) is 4.74 Å². The normalized spacial score (nSPS) is 16.9. The molecule has 3 rings (SSSR count). The fourth-order valence-corrected chi connectivity index (χ4v) is 3.14. The van der Waals surface area contributed by atoms with Gasteiger partial charge in [0.15, 0.2) is 0 Å². The Kier molecular flexibility index (Phi) is 5.31. The molecule has 1 saturated heterocycles. The third-order valence-electron chi connectivity index (χ3n) is 4.63. The van der Waals surface area contributed by atoms with Crippen molar-refractivity contribution in [2.45, 2.75) is 38.8 Å². The molecule has 0 saturated carbocycles. The lowest BCUT2D eigenvalue weighted by molar-refractivity contribution is 0.0238. The second kappa shape index (κ2) is 7.53. The van der Waals surface area contributed by atoms with Crippen LogP contribution in [-0.2, 0) is 4.74 Å². The first-order valence-corrected chi connectivity index (χ1v) is 9.23. The lowest BCUT2D eigenvalue weighted by Gasteiger charge is -2.28. The monoisotopic (exact) mass is 386 g/mol. The summed E-state index contributed by atoms with van der Waals surface area (Å²) in [5.41, 5.74) is -0.224. The lowest BCUT2D eigenvalue weighted by Crippen LogP contribution is -2.42. The maximum atomic E-state index is 12.3. The predicted molar refractivity (Wildman–Crippen MR) is 106 cm³/mol. The Balaban J connectivity index is 1.67. The van der Waals surface area contributed by atoms with E-state index in [-0.39, 0.29) is 23.4 Å². The largest absolute Gasteiger partial charge is 0.508 e. The summed E-state index contributed by atoms with van der Waals surface area (Å²) in [6.07, 6.45) is 3.64. The van der Waals surface area contributed by atoms with Crippen molar-refractivity contribution in [1.82, 2.24) is 14.5 Å². The van der Waals surface area contributed by atoms with Crippen LogP contribution in [0.3, 0.4) is 0 Å². The molecule has 1 aliphatic rings. The molecule has 8 nitrogen and oxygen atoms in total. The zero-order valence-electron chi connectivity index (χ0n) is 16.6. The second-order valence-corrected chi connectivity index (χ2v) is 7.95. The van der Waals surface area contributed by atoms with Gasteiger partial charge in [-0.25, -0.2) is 9.78 Å². The number of rotatable bonds is 3. The number of aromatic nitrogens is 2. The number of nitrogens with zero attached hydrogens (tertiary/aromatic N) is 4. The number of hydrogen-bond acceptors (Lipinski definition) is 6. The molecule has 28 heavy (non-hydrogen) atoms. The standard InChI is InChI=1S/C20H26N4O4/c1-20(2,3)28-19(27)22(4)15-7-9-23(13-15)17-6-5-14(12-21-17)24-10-8-16(25)11-18(24)26/h5-6,8,10-12,15,25H,7,9,13H2,1-4H3/t15-/m0/s1. The molecular formula is C20H26N4O4. The molecule has 0 aliphatic carbocycles. The van der Waals surface area contributed by atoms with Crippen molar-refractivity contribution in [1.29, 1.82) is 0 Å². The Bertz CT molecular complexity index is 902. The molecule has 8 heteroatoms. The summed E-state index contributed by atoms with van der Waals surface area (Å²) in [5.74, 6) is 0.721. The van der Waals surface area contributed by atoms with Gasteiger partial charge in [0.2, 0.25) is 0 Å². The van der Waals surface area contributed by atoms with Crippen LogP contribution in [0.15, 0.2) is 41.5 Å². The fraction of sp³-hybridized carbons (Fsp3) is 0.450. The highest BCUT2D eigenvalue weighted by atomic mass is 16.6. The zero-order chi connectivity index (χ0) is 20.5. The maximum absolute atomic E-state index is 12.3. The van der Waals surface area contributed by atoms with Crippen LogP contribution in [0.2, 0.25) is 0 Å². The highest BCUT2D eigenvalue weighted by molar-refractivity contribution is 5.68. The van der Waals surface area contributed by atoms with Gasteiger partial charge in [-0.05, 0) is 45.4 Å². The van der Waals surface area contributed by atoms with Crippen molar-refractivity contribution in [2.24, 2.45) is 0 Å². The van der Waals surface area contributed by atoms with Crippen molar-refractivity contribution in [3.8, 4) is 11.4 Å². The van der Waals surface area contributed by atoms with Crippen molar-refractivity contribution in [2.75, 3.05) is 25.0 Å². The molecule has 0 radical (unpaired) electrons. The van der Waals surface area contributed by atoms with Crippen LogP contribution in [0.4, 0.5) is 10.6 Å². The van der Waals surface area contributed by atoms with E-state index < -0.39 is 5.60 Å². The van der Waals surface area contributed by atoms with Crippen LogP contribution in [-0.4, -0.2) is 57.4 Å². The summed E-state index contributed by atoms with van der Waals surface area (Å²) in [4.78, 5) is 32.5. The van der Waals surface area contributed by atoms with E-state index in [0.717, 1.165) is 24.8 Å². The average molecular weight is 386 g/mol. The summed E-state index contributed by atoms with van der Waals surface area (Å²) in [6.45, 7) is 7.00. The smallest absolute Gasteiger partial charge is 0.410 e. The molecule has 150 valence electrons. The van der Waals surface area contributed by atoms with Crippen LogP contribution < -0.4 is 10.5 Å². The number of carbonyl (C=O) groups excluding carboxylic acids is 1. The topological polar surface area (TPSA) is 87.9 Å². The first-order valence-electron chi connectivity index (χ1n) is 9.23. The van der Waals surface area contributed by atoms with Crippen LogP contribution in [0, 0.1) is 0 Å². The number of aromatic hydroxyl groups is 1. The van der Waals surface area contributed by atoms with Gasteiger partial charge in [0.1, 0.15) is 17.2 Å². The van der Waals surface area contributed by atoms with Gasteiger partial charge in [0.25, 0.3) is 5.56 Å². The number of ether oxygens (including phenoxy) is 1. The van der Waals surface area contributed by atoms with Gasteiger partial charge in [-0.2, -0.15) is 0 Å². The summed E-state index contributed by atoms with van der Waals surface area (Å²) >= 11 is 0. The van der Waals surface area contributed by atoms with Crippen molar-refractivity contribution in [3.05, 3.63) is 47.0 Å². The average Bonchev–Trinajstić information content (AvgIpc) is 3.10. The molecule has 0 bridgehead atoms. The number of pyridine rings is 2. The Hall–Kier alpha value is -3.03. The van der Waals surface area contributed by atoms with Crippen LogP contribution in [0.25, 0.3) is 5.69 Å². The molecular weight excluding hydrogens is 360 g/mol. The quantitative estimate of drug-likeness (QED) is 0.871. The highest BCUT2D eigenvalue weighted by Gasteiger charge is 2.31. The van der Waals surface area contributed by atoms with Crippen LogP contribution >= 0.6 is 0 Å². The van der Waals surface area contributed by atoms with Crippen LogP contribution in [0.1, 0.15) is 27.2 Å². The minimum absolute atomic E-state index is 0.0519. The van der Waals surface area contributed by atoms with Gasteiger partial charge in [0, 0.05) is 32.4 Å². The summed E-state index contributed by atoms with van der Waals surface area (Å²) in [6, 6.07) is 6.32. The van der Waals surface area contributed by atoms with Crippen molar-refractivity contribution < 1.29 is 14.6 Å². The molecule has 1 aliphatic heterocycles. The number of hydrogen-bond donors (Lipinski definition) is 1. The van der Waals surface area contributed by atoms with Gasteiger partial charge < -0.3 is 19.6 Å². The van der Waals surface area contributed by atoms with Crippen molar-refractivity contribution in [3.63, 3.8) is 0 Å². The van der Waals surface area contributed by atoms with Crippen LogP contribution in [0.5, 0.6) is 5.75 Å². The number of amides is 1. The number of carbonyl (C=O) groups is 1. The minimum atomic E-state index is -0.521. The second-order valence-electron chi connectivity index (χ2n) is 7.95. The molecule has 1 N–H and O–H groups in total. The highest BCUT2D eigenvalue weighted by Crippen LogP contribution is 2.23. The summed E-state index contributed by atoms with van der Waals surface area (Å²) in [5, 5.41) is 9.37. The zero-order valence-corrected chi connectivity index (χ0v) is 16.6. The Labute approximate surface area is 164 Å². The molecule has 2 aromatic heterocycles. The fourth-order valence-electron chi connectivity index (χ4n) is 3.14. The van der Waals surface area contributed by atoms with E-state index in [1.54, 1.807) is 18.1 Å². The summed E-state index contributed by atoms with van der Waals surface area (Å²) in [7, 11) is 1.76. The lowest BCUT2D eigenvalue weighted by atomic mass is 10.2. The van der Waals surface area contributed by atoms with E-state index in [2.05, 4.69) is 9.88 Å². The first-order chi connectivity index (χ1) is 13.1. The Morgan fingerprint density at radius 1 is 1.32 bits per heavy atom. The van der Waals surface area contributed by atoms with Gasteiger partial charge in [0.05, 0.1) is 17.9 Å². The Morgan fingerprint density at radius 3 is 2.68 bits per heavy atom. The van der Waals surface area contributed by atoms with E-state index in [9.17, 15) is 14.7 Å². The molecule has 2 aromatic rings. The van der Waals surface area contributed by atoms with E-state index in [0.29, 0.717) is 12.2 Å². The third kappa shape index (κ3) is 4.44. The van der Waals surface area contributed by atoms with Gasteiger partial charge in [-0.1, -0.05) is 0 Å². The predicted octanol–water partition coefficient (Wildman–Crippen LogP) is 2.38. The molecule has 0 unspecified atom stereocenters. The molecule has 0 spiro atoms. The molecule has 1 atom stereocenters. The van der Waals surface area contributed by atoms with Gasteiger partial charge >= 0.3 is 6.09 Å². The molecule has 1 fully saturated rings. The molecule has 3 heterocycles. The minimum Gasteiger partial charge on any atom is -0.508 e. The van der Waals surface area contributed by atoms with E-state index >= 15 is 0 Å². The number of likely N-dealkylation sites (N-methyl/N-ethyl adjacent to an activating group) is 1. The number of anilines is 1. The Morgan fingerprint density at radius 2 is 2.07 bits per heavy atom. The SMILES string of the molecule is CN(C(=O)OC(C)(C)C)[C@H]1CCN(c2ccc(-n3ccc(O)cc3=O)cn2)C1. The van der Waals surface area contributed by atoms with Crippen molar-refractivity contribution >= 4 is 11.9 Å². The first kappa shape index (κ1) is 19.7. The van der Waals surface area contributed by atoms with Gasteiger partial charge in [-0.3, -0.25) is 9.36 Å². The maximum Gasteiger partial charge on any atom is 0.410 e. The van der Waals surface area contributed by atoms with E-state index in [1.807, 2.05) is 32.9 Å². The van der Waals surface area contributed by atoms with E-state index in [1.165, 1.54) is 16.8 Å². The molecule has 0 aromatic carbocycles. The third-order valence-corrected chi connectivity index (χ3v) is 4.63.